The summed E-state index contributed by atoms with van der Waals surface area (Å²) in [6, 6.07) is 9.15. The van der Waals surface area contributed by atoms with Gasteiger partial charge in [0.25, 0.3) is 5.91 Å². The number of hydrogen-bond donors (Lipinski definition) is 1. The number of nitrogens with zero attached hydrogens (tertiary/aromatic N) is 1. The van der Waals surface area contributed by atoms with Crippen molar-refractivity contribution >= 4 is 24.0 Å². The minimum atomic E-state index is -1.80. The molecule has 0 aliphatic carbocycles. The fourth-order valence-corrected chi connectivity index (χ4v) is 3.63. The Morgan fingerprint density at radius 1 is 1.14 bits per heavy atom. The monoisotopic (exact) mass is 385 g/mol. The molecule has 0 aromatic heterocycles. The molecule has 1 saturated heterocycles. The van der Waals surface area contributed by atoms with Crippen molar-refractivity contribution in [3.63, 3.8) is 0 Å². The van der Waals surface area contributed by atoms with Gasteiger partial charge in [0.15, 0.2) is 6.29 Å². The van der Waals surface area contributed by atoms with E-state index in [0.717, 1.165) is 5.06 Å². The Morgan fingerprint density at radius 2 is 1.86 bits per heavy atom. The number of fused-ring (bicyclic) bond motifs is 3. The molecule has 2 aromatic rings. The zero-order valence-electron chi connectivity index (χ0n) is 14.9. The predicted octanol–water partition coefficient (Wildman–Crippen LogP) is 1.90. The van der Waals surface area contributed by atoms with Crippen molar-refractivity contribution in [2.24, 2.45) is 0 Å². The van der Waals surface area contributed by atoms with Gasteiger partial charge in [0, 0.05) is 5.56 Å². The molecule has 0 saturated carbocycles. The minimum absolute atomic E-state index is 0.0135. The third kappa shape index (κ3) is 2.20. The number of carbonyl (C=O) groups is 3. The molecule has 28 heavy (non-hydrogen) atoms. The van der Waals surface area contributed by atoms with Crippen LogP contribution in [0.25, 0.3) is 0 Å². The van der Waals surface area contributed by atoms with Crippen LogP contribution in [0, 0.1) is 0 Å². The van der Waals surface area contributed by atoms with Crippen LogP contribution in [-0.4, -0.2) is 43.8 Å². The van der Waals surface area contributed by atoms with Crippen LogP contribution >= 0.6 is 0 Å². The Kier molecular flexibility index (Phi) is 3.97. The van der Waals surface area contributed by atoms with Crippen molar-refractivity contribution in [3.05, 3.63) is 53.1 Å². The first-order valence-corrected chi connectivity index (χ1v) is 8.21. The predicted molar refractivity (Wildman–Crippen MR) is 93.1 cm³/mol. The van der Waals surface area contributed by atoms with E-state index in [1.807, 2.05) is 0 Å². The number of phenolic OH excluding ortho intramolecular Hbond substituents is 1. The first-order chi connectivity index (χ1) is 13.5. The number of aromatic hydroxyl groups is 1. The van der Waals surface area contributed by atoms with Gasteiger partial charge in [0.05, 0.1) is 31.0 Å². The molecule has 0 radical (unpaired) electrons. The second-order valence-corrected chi connectivity index (χ2v) is 6.14. The standard InChI is InChI=1S/C19H15NO8/c1-25-12-6-4-11(5-7-12)19-14-13(8-3-10(9-21)15(14)22)20(26-2)17(23)16(19)27-18(24)28-19/h3-9,16,22H,1-2H3/t16-,19+/m0/s1. The number of hydroxylamine groups is 1. The molecule has 2 aliphatic heterocycles. The maximum absolute atomic E-state index is 13.0. The van der Waals surface area contributed by atoms with Crippen LogP contribution in [0.2, 0.25) is 0 Å². The molecular weight excluding hydrogens is 370 g/mol. The normalized spacial score (nSPS) is 22.8. The number of rotatable bonds is 4. The van der Waals surface area contributed by atoms with E-state index in [1.165, 1.54) is 26.4 Å². The van der Waals surface area contributed by atoms with Gasteiger partial charge < -0.3 is 19.3 Å². The van der Waals surface area contributed by atoms with Gasteiger partial charge in [-0.15, -0.1) is 0 Å². The van der Waals surface area contributed by atoms with Gasteiger partial charge in [0.2, 0.25) is 11.7 Å². The second-order valence-electron chi connectivity index (χ2n) is 6.14. The summed E-state index contributed by atoms with van der Waals surface area (Å²) in [5.41, 5.74) is -1.35. The van der Waals surface area contributed by atoms with E-state index in [-0.39, 0.29) is 16.8 Å². The molecule has 1 N–H and O–H groups in total. The summed E-state index contributed by atoms with van der Waals surface area (Å²) in [5.74, 6) is -0.607. The smallest absolute Gasteiger partial charge is 0.507 e. The summed E-state index contributed by atoms with van der Waals surface area (Å²) in [4.78, 5) is 41.6. The fourth-order valence-electron chi connectivity index (χ4n) is 3.63. The first-order valence-electron chi connectivity index (χ1n) is 8.21. The van der Waals surface area contributed by atoms with E-state index >= 15 is 0 Å². The molecule has 2 heterocycles. The van der Waals surface area contributed by atoms with Gasteiger partial charge in [-0.2, -0.15) is 5.06 Å². The molecule has 9 nitrogen and oxygen atoms in total. The topological polar surface area (TPSA) is 112 Å². The number of ether oxygens (including phenoxy) is 3. The highest BCUT2D eigenvalue weighted by Crippen LogP contribution is 2.54. The largest absolute Gasteiger partial charge is 0.510 e. The van der Waals surface area contributed by atoms with Crippen LogP contribution in [0.1, 0.15) is 21.5 Å². The van der Waals surface area contributed by atoms with Crippen molar-refractivity contribution in [2.75, 3.05) is 19.3 Å². The molecule has 2 atom stereocenters. The van der Waals surface area contributed by atoms with Crippen molar-refractivity contribution in [1.82, 2.24) is 0 Å². The van der Waals surface area contributed by atoms with Crippen molar-refractivity contribution in [3.8, 4) is 11.5 Å². The summed E-state index contributed by atoms with van der Waals surface area (Å²) >= 11 is 0. The molecule has 4 rings (SSSR count). The molecule has 0 unspecified atom stereocenters. The second kappa shape index (κ2) is 6.24. The number of hydrogen-bond acceptors (Lipinski definition) is 8. The molecule has 1 amide bonds. The molecule has 2 aliphatic rings. The highest BCUT2D eigenvalue weighted by molar-refractivity contribution is 6.03. The van der Waals surface area contributed by atoms with E-state index in [4.69, 9.17) is 19.0 Å². The summed E-state index contributed by atoms with van der Waals surface area (Å²) in [7, 11) is 2.75. The van der Waals surface area contributed by atoms with E-state index < -0.39 is 29.5 Å². The van der Waals surface area contributed by atoms with Gasteiger partial charge in [-0.1, -0.05) is 12.1 Å². The average Bonchev–Trinajstić information content (AvgIpc) is 3.07. The molecule has 0 bridgehead atoms. The van der Waals surface area contributed by atoms with Gasteiger partial charge in [0.1, 0.15) is 11.5 Å². The third-order valence-corrected chi connectivity index (χ3v) is 4.86. The summed E-state index contributed by atoms with van der Waals surface area (Å²) in [5, 5.41) is 11.7. The number of aldehydes is 1. The van der Waals surface area contributed by atoms with Gasteiger partial charge in [-0.3, -0.25) is 14.4 Å². The summed E-state index contributed by atoms with van der Waals surface area (Å²) in [6.07, 6.45) is -2.10. The highest BCUT2D eigenvalue weighted by atomic mass is 16.8. The Balaban J connectivity index is 2.07. The molecule has 1 fully saturated rings. The molecule has 2 aromatic carbocycles. The fraction of sp³-hybridized carbons (Fsp3) is 0.211. The van der Waals surface area contributed by atoms with Crippen LogP contribution in [0.15, 0.2) is 36.4 Å². The highest BCUT2D eigenvalue weighted by Gasteiger charge is 2.64. The quantitative estimate of drug-likeness (QED) is 0.627. The number of carbonyl (C=O) groups excluding carboxylic acids is 3. The van der Waals surface area contributed by atoms with E-state index in [0.29, 0.717) is 17.6 Å². The van der Waals surface area contributed by atoms with Gasteiger partial charge in [-0.05, 0) is 24.3 Å². The van der Waals surface area contributed by atoms with Crippen LogP contribution in [0.4, 0.5) is 10.5 Å². The lowest BCUT2D eigenvalue weighted by atomic mass is 9.76. The minimum Gasteiger partial charge on any atom is -0.507 e. The zero-order chi connectivity index (χ0) is 20.1. The Bertz CT molecular complexity index is 986. The molecular formula is C19H15NO8. The Labute approximate surface area is 158 Å². The number of phenols is 1. The Hall–Kier alpha value is -3.59. The van der Waals surface area contributed by atoms with E-state index in [1.54, 1.807) is 24.3 Å². The maximum Gasteiger partial charge on any atom is 0.510 e. The van der Waals surface area contributed by atoms with Crippen LogP contribution in [0.5, 0.6) is 11.5 Å². The SMILES string of the molecule is COc1ccc([C@]23OC(=O)O[C@H]2C(=O)N(OC)c2ccc(C=O)c(O)c23)cc1. The summed E-state index contributed by atoms with van der Waals surface area (Å²) < 4.78 is 15.8. The number of anilines is 1. The number of benzene rings is 2. The van der Waals surface area contributed by atoms with Crippen molar-refractivity contribution < 1.29 is 38.5 Å². The van der Waals surface area contributed by atoms with Crippen molar-refractivity contribution in [1.29, 1.82) is 0 Å². The van der Waals surface area contributed by atoms with Crippen LogP contribution in [-0.2, 0) is 24.7 Å². The molecule has 9 heteroatoms. The Morgan fingerprint density at radius 3 is 2.46 bits per heavy atom. The maximum atomic E-state index is 13.0. The van der Waals surface area contributed by atoms with E-state index in [2.05, 4.69) is 0 Å². The summed E-state index contributed by atoms with van der Waals surface area (Å²) in [6.45, 7) is 0. The van der Waals surface area contributed by atoms with Crippen LogP contribution in [0.3, 0.4) is 0 Å². The molecule has 0 spiro atoms. The lowest BCUT2D eigenvalue weighted by Gasteiger charge is -2.40. The van der Waals surface area contributed by atoms with Gasteiger partial charge in [-0.25, -0.2) is 4.79 Å². The van der Waals surface area contributed by atoms with Gasteiger partial charge >= 0.3 is 6.16 Å². The third-order valence-electron chi connectivity index (χ3n) is 4.86. The lowest BCUT2D eigenvalue weighted by Crippen LogP contribution is -2.54. The number of methoxy groups -OCH3 is 1. The molecule has 144 valence electrons. The average molecular weight is 385 g/mol. The lowest BCUT2D eigenvalue weighted by molar-refractivity contribution is -0.137. The van der Waals surface area contributed by atoms with Crippen molar-refractivity contribution in [2.45, 2.75) is 11.7 Å². The van der Waals surface area contributed by atoms with Crippen LogP contribution < -0.4 is 9.80 Å². The first kappa shape index (κ1) is 17.8. The zero-order valence-corrected chi connectivity index (χ0v) is 14.9. The number of amides is 1. The van der Waals surface area contributed by atoms with E-state index in [9.17, 15) is 19.5 Å².